The summed E-state index contributed by atoms with van der Waals surface area (Å²) in [6, 6.07) is 9.53. The van der Waals surface area contributed by atoms with E-state index in [4.69, 9.17) is 4.74 Å². The van der Waals surface area contributed by atoms with Crippen LogP contribution in [0.1, 0.15) is 5.56 Å². The van der Waals surface area contributed by atoms with E-state index in [9.17, 15) is 9.90 Å². The molecule has 0 saturated heterocycles. The Balaban J connectivity index is 2.21. The van der Waals surface area contributed by atoms with Crippen molar-refractivity contribution >= 4 is 5.52 Å². The zero-order chi connectivity index (χ0) is 15.5. The van der Waals surface area contributed by atoms with Crippen molar-refractivity contribution < 1.29 is 9.84 Å². The first-order valence-electron chi connectivity index (χ1n) is 7.02. The van der Waals surface area contributed by atoms with Crippen LogP contribution in [0.25, 0.3) is 16.8 Å². The predicted molar refractivity (Wildman–Crippen MR) is 82.7 cm³/mol. The zero-order valence-corrected chi connectivity index (χ0v) is 12.3. The molecule has 1 aromatic carbocycles. The first-order chi connectivity index (χ1) is 10.8. The summed E-state index contributed by atoms with van der Waals surface area (Å²) in [5, 5.41) is 14.2. The van der Waals surface area contributed by atoms with E-state index in [1.54, 1.807) is 24.1 Å². The van der Waals surface area contributed by atoms with Crippen molar-refractivity contribution in [2.75, 3.05) is 13.7 Å². The summed E-state index contributed by atoms with van der Waals surface area (Å²) in [5.41, 5.74) is 2.27. The molecule has 0 bridgehead atoms. The Morgan fingerprint density at radius 2 is 2.00 bits per heavy atom. The molecule has 22 heavy (non-hydrogen) atoms. The average Bonchev–Trinajstić information content (AvgIpc) is 2.94. The Kier molecular flexibility index (Phi) is 4.04. The van der Waals surface area contributed by atoms with Crippen molar-refractivity contribution in [3.8, 4) is 11.3 Å². The van der Waals surface area contributed by atoms with Gasteiger partial charge < -0.3 is 14.4 Å². The van der Waals surface area contributed by atoms with Crippen LogP contribution in [0.15, 0.2) is 47.5 Å². The van der Waals surface area contributed by atoms with Gasteiger partial charge in [-0.2, -0.15) is 5.10 Å². The quantitative estimate of drug-likeness (QED) is 0.771. The van der Waals surface area contributed by atoms with Gasteiger partial charge in [0.2, 0.25) is 0 Å². The standard InChI is InChI=1S/C16H17N3O3/c1-22-10-9-18-7-8-19-15(16(18)21)13(11-20)14(17-19)12-5-3-2-4-6-12/h2-8,20H,9-11H2,1H3. The highest BCUT2D eigenvalue weighted by Gasteiger charge is 2.17. The number of aliphatic hydroxyl groups is 1. The summed E-state index contributed by atoms with van der Waals surface area (Å²) < 4.78 is 8.10. The maximum atomic E-state index is 12.6. The molecule has 6 nitrogen and oxygen atoms in total. The Hall–Kier alpha value is -2.44. The van der Waals surface area contributed by atoms with Gasteiger partial charge in [0.25, 0.3) is 5.56 Å². The van der Waals surface area contributed by atoms with Crippen molar-refractivity contribution in [1.82, 2.24) is 14.2 Å². The first kappa shape index (κ1) is 14.5. The molecule has 114 valence electrons. The minimum absolute atomic E-state index is 0.182. The van der Waals surface area contributed by atoms with Gasteiger partial charge in [0.05, 0.1) is 18.9 Å². The molecule has 6 heteroatoms. The normalized spacial score (nSPS) is 11.2. The van der Waals surface area contributed by atoms with Crippen LogP contribution in [0, 0.1) is 0 Å². The Labute approximate surface area is 127 Å². The van der Waals surface area contributed by atoms with Gasteiger partial charge in [-0.15, -0.1) is 0 Å². The van der Waals surface area contributed by atoms with Crippen LogP contribution in [-0.4, -0.2) is 33.0 Å². The van der Waals surface area contributed by atoms with E-state index >= 15 is 0 Å². The van der Waals surface area contributed by atoms with Crippen LogP contribution in [0.2, 0.25) is 0 Å². The molecule has 0 aliphatic carbocycles. The Morgan fingerprint density at radius 1 is 1.23 bits per heavy atom. The molecule has 0 aliphatic heterocycles. The fraction of sp³-hybridized carbons (Fsp3) is 0.250. The largest absolute Gasteiger partial charge is 0.392 e. The molecule has 3 aromatic rings. The number of hydrogen-bond acceptors (Lipinski definition) is 4. The van der Waals surface area contributed by atoms with E-state index in [2.05, 4.69) is 5.10 Å². The number of nitrogens with zero attached hydrogens (tertiary/aromatic N) is 3. The van der Waals surface area contributed by atoms with Gasteiger partial charge in [-0.3, -0.25) is 4.79 Å². The topological polar surface area (TPSA) is 68.8 Å². The highest BCUT2D eigenvalue weighted by atomic mass is 16.5. The maximum absolute atomic E-state index is 12.6. The molecular formula is C16H17N3O3. The number of hydrogen-bond donors (Lipinski definition) is 1. The van der Waals surface area contributed by atoms with Gasteiger partial charge in [0.15, 0.2) is 0 Å². The lowest BCUT2D eigenvalue weighted by atomic mass is 10.1. The molecular weight excluding hydrogens is 282 g/mol. The molecule has 0 spiro atoms. The Bertz CT molecular complexity index is 837. The maximum Gasteiger partial charge on any atom is 0.277 e. The fourth-order valence-corrected chi connectivity index (χ4v) is 2.49. The van der Waals surface area contributed by atoms with Crippen molar-refractivity contribution in [3.63, 3.8) is 0 Å². The second-order valence-electron chi connectivity index (χ2n) is 4.93. The number of aliphatic hydroxyl groups excluding tert-OH is 1. The van der Waals surface area contributed by atoms with E-state index in [-0.39, 0.29) is 12.2 Å². The summed E-state index contributed by atoms with van der Waals surface area (Å²) >= 11 is 0. The van der Waals surface area contributed by atoms with E-state index in [0.29, 0.717) is 29.9 Å². The third kappa shape index (κ3) is 2.43. The summed E-state index contributed by atoms with van der Waals surface area (Å²) in [7, 11) is 1.59. The van der Waals surface area contributed by atoms with E-state index < -0.39 is 0 Å². The van der Waals surface area contributed by atoms with Gasteiger partial charge >= 0.3 is 0 Å². The van der Waals surface area contributed by atoms with Crippen LogP contribution < -0.4 is 5.56 Å². The molecule has 0 radical (unpaired) electrons. The fourth-order valence-electron chi connectivity index (χ4n) is 2.49. The number of fused-ring (bicyclic) bond motifs is 1. The minimum atomic E-state index is -0.239. The predicted octanol–water partition coefficient (Wildman–Crippen LogP) is 1.30. The van der Waals surface area contributed by atoms with Crippen molar-refractivity contribution in [2.45, 2.75) is 13.2 Å². The average molecular weight is 299 g/mol. The minimum Gasteiger partial charge on any atom is -0.392 e. The monoisotopic (exact) mass is 299 g/mol. The van der Waals surface area contributed by atoms with E-state index in [1.165, 1.54) is 4.52 Å². The molecule has 2 aromatic heterocycles. The zero-order valence-electron chi connectivity index (χ0n) is 12.3. The molecule has 2 heterocycles. The highest BCUT2D eigenvalue weighted by Crippen LogP contribution is 2.24. The molecule has 0 saturated carbocycles. The second-order valence-corrected chi connectivity index (χ2v) is 4.93. The van der Waals surface area contributed by atoms with Gasteiger partial charge in [-0.25, -0.2) is 4.52 Å². The van der Waals surface area contributed by atoms with Crippen molar-refractivity contribution in [2.24, 2.45) is 0 Å². The summed E-state index contributed by atoms with van der Waals surface area (Å²) in [5.74, 6) is 0. The lowest BCUT2D eigenvalue weighted by Gasteiger charge is -2.05. The molecule has 0 aliphatic rings. The smallest absolute Gasteiger partial charge is 0.277 e. The molecule has 0 fully saturated rings. The van der Waals surface area contributed by atoms with Crippen LogP contribution in [0.5, 0.6) is 0 Å². The molecule has 0 unspecified atom stereocenters. The summed E-state index contributed by atoms with van der Waals surface area (Å²) in [6.45, 7) is 0.671. The van der Waals surface area contributed by atoms with Gasteiger partial charge in [-0.1, -0.05) is 30.3 Å². The SMILES string of the molecule is COCCn1ccn2nc(-c3ccccc3)c(CO)c2c1=O. The molecule has 0 amide bonds. The highest BCUT2D eigenvalue weighted by molar-refractivity contribution is 5.72. The lowest BCUT2D eigenvalue weighted by Crippen LogP contribution is -2.23. The summed E-state index contributed by atoms with van der Waals surface area (Å²) in [6.07, 6.45) is 3.40. The first-order valence-corrected chi connectivity index (χ1v) is 7.02. The number of benzene rings is 1. The second kappa shape index (κ2) is 6.13. The van der Waals surface area contributed by atoms with Crippen LogP contribution in [-0.2, 0) is 17.9 Å². The number of aromatic nitrogens is 3. The lowest BCUT2D eigenvalue weighted by molar-refractivity contribution is 0.186. The van der Waals surface area contributed by atoms with Crippen LogP contribution in [0.4, 0.5) is 0 Å². The van der Waals surface area contributed by atoms with Crippen molar-refractivity contribution in [3.05, 3.63) is 58.6 Å². The van der Waals surface area contributed by atoms with Crippen molar-refractivity contribution in [1.29, 1.82) is 0 Å². The molecule has 3 rings (SSSR count). The van der Waals surface area contributed by atoms with Gasteiger partial charge in [0, 0.05) is 37.2 Å². The van der Waals surface area contributed by atoms with E-state index in [1.807, 2.05) is 30.3 Å². The van der Waals surface area contributed by atoms with E-state index in [0.717, 1.165) is 5.56 Å². The number of ether oxygens (including phenoxy) is 1. The van der Waals surface area contributed by atoms with Crippen LogP contribution in [0.3, 0.4) is 0 Å². The number of methoxy groups -OCH3 is 1. The Morgan fingerprint density at radius 3 is 2.68 bits per heavy atom. The summed E-state index contributed by atoms with van der Waals surface area (Å²) in [4.78, 5) is 12.6. The van der Waals surface area contributed by atoms with Gasteiger partial charge in [-0.05, 0) is 0 Å². The molecule has 0 atom stereocenters. The van der Waals surface area contributed by atoms with Crippen LogP contribution >= 0.6 is 0 Å². The van der Waals surface area contributed by atoms with Gasteiger partial charge in [0.1, 0.15) is 5.52 Å². The number of rotatable bonds is 5. The molecule has 1 N–H and O–H groups in total. The third-order valence-electron chi connectivity index (χ3n) is 3.60. The third-order valence-corrected chi connectivity index (χ3v) is 3.60.